The van der Waals surface area contributed by atoms with Gasteiger partial charge in [-0.15, -0.1) is 0 Å². The first kappa shape index (κ1) is 15.4. The SMILES string of the molecule is COc1ccc(C2(CNC(C)C)CCC(C)CC2)cc1. The van der Waals surface area contributed by atoms with Crippen molar-refractivity contribution in [3.05, 3.63) is 29.8 Å². The fourth-order valence-corrected chi connectivity index (χ4v) is 3.23. The summed E-state index contributed by atoms with van der Waals surface area (Å²) in [6, 6.07) is 9.27. The Balaban J connectivity index is 2.20. The zero-order chi connectivity index (χ0) is 14.6. The highest BCUT2D eigenvalue weighted by Crippen LogP contribution is 2.41. The van der Waals surface area contributed by atoms with Crippen LogP contribution in [0, 0.1) is 5.92 Å². The molecular weight excluding hydrogens is 246 g/mol. The molecule has 112 valence electrons. The molecule has 1 saturated carbocycles. The van der Waals surface area contributed by atoms with Gasteiger partial charge in [0, 0.05) is 18.0 Å². The first-order valence-corrected chi connectivity index (χ1v) is 7.94. The molecule has 2 heteroatoms. The van der Waals surface area contributed by atoms with E-state index in [2.05, 4.69) is 50.4 Å². The molecule has 0 heterocycles. The Labute approximate surface area is 123 Å². The van der Waals surface area contributed by atoms with Crippen LogP contribution in [0.1, 0.15) is 52.0 Å². The van der Waals surface area contributed by atoms with Crippen LogP contribution in [0.3, 0.4) is 0 Å². The average molecular weight is 275 g/mol. The summed E-state index contributed by atoms with van der Waals surface area (Å²) in [5.74, 6) is 1.82. The summed E-state index contributed by atoms with van der Waals surface area (Å²) >= 11 is 0. The lowest BCUT2D eigenvalue weighted by atomic mass is 9.67. The van der Waals surface area contributed by atoms with Crippen LogP contribution in [-0.4, -0.2) is 19.7 Å². The number of hydrogen-bond donors (Lipinski definition) is 1. The molecule has 0 atom stereocenters. The molecule has 1 aliphatic rings. The molecule has 0 radical (unpaired) electrons. The molecule has 2 nitrogen and oxygen atoms in total. The van der Waals surface area contributed by atoms with Crippen molar-refractivity contribution in [1.82, 2.24) is 5.32 Å². The summed E-state index contributed by atoms with van der Waals surface area (Å²) < 4.78 is 5.29. The topological polar surface area (TPSA) is 21.3 Å². The van der Waals surface area contributed by atoms with Gasteiger partial charge in [0.05, 0.1) is 7.11 Å². The maximum absolute atomic E-state index is 5.29. The number of methoxy groups -OCH3 is 1. The average Bonchev–Trinajstić information content (AvgIpc) is 2.47. The first-order valence-electron chi connectivity index (χ1n) is 7.94. The maximum Gasteiger partial charge on any atom is 0.118 e. The Morgan fingerprint density at radius 3 is 2.30 bits per heavy atom. The second-order valence-electron chi connectivity index (χ2n) is 6.73. The maximum atomic E-state index is 5.29. The van der Waals surface area contributed by atoms with Gasteiger partial charge >= 0.3 is 0 Å². The van der Waals surface area contributed by atoms with Crippen molar-refractivity contribution in [2.45, 2.75) is 57.9 Å². The van der Waals surface area contributed by atoms with Gasteiger partial charge in [-0.2, -0.15) is 0 Å². The minimum absolute atomic E-state index is 0.309. The van der Waals surface area contributed by atoms with E-state index >= 15 is 0 Å². The van der Waals surface area contributed by atoms with Crippen LogP contribution in [0.15, 0.2) is 24.3 Å². The van der Waals surface area contributed by atoms with Crippen molar-refractivity contribution in [3.63, 3.8) is 0 Å². The summed E-state index contributed by atoms with van der Waals surface area (Å²) in [5.41, 5.74) is 1.78. The minimum Gasteiger partial charge on any atom is -0.497 e. The lowest BCUT2D eigenvalue weighted by Crippen LogP contribution is -2.43. The lowest BCUT2D eigenvalue weighted by molar-refractivity contribution is 0.229. The summed E-state index contributed by atoms with van der Waals surface area (Å²) in [6.45, 7) is 7.93. The Morgan fingerprint density at radius 2 is 1.80 bits per heavy atom. The van der Waals surface area contributed by atoms with Crippen LogP contribution >= 0.6 is 0 Å². The number of ether oxygens (including phenoxy) is 1. The van der Waals surface area contributed by atoms with Crippen molar-refractivity contribution in [3.8, 4) is 5.75 Å². The van der Waals surface area contributed by atoms with E-state index in [0.717, 1.165) is 18.2 Å². The Bertz CT molecular complexity index is 402. The molecule has 1 aromatic carbocycles. The van der Waals surface area contributed by atoms with Crippen molar-refractivity contribution in [2.24, 2.45) is 5.92 Å². The monoisotopic (exact) mass is 275 g/mol. The van der Waals surface area contributed by atoms with Crippen LogP contribution < -0.4 is 10.1 Å². The normalized spacial score (nSPS) is 26.8. The number of benzene rings is 1. The van der Waals surface area contributed by atoms with E-state index < -0.39 is 0 Å². The third-order valence-corrected chi connectivity index (χ3v) is 4.78. The predicted octanol–water partition coefficient (Wildman–Crippen LogP) is 4.14. The van der Waals surface area contributed by atoms with Gasteiger partial charge < -0.3 is 10.1 Å². The van der Waals surface area contributed by atoms with Crippen LogP contribution in [0.4, 0.5) is 0 Å². The van der Waals surface area contributed by atoms with Gasteiger partial charge in [0.1, 0.15) is 5.75 Å². The number of hydrogen-bond acceptors (Lipinski definition) is 2. The molecule has 0 aromatic heterocycles. The quantitative estimate of drug-likeness (QED) is 0.872. The van der Waals surface area contributed by atoms with Crippen LogP contribution in [-0.2, 0) is 5.41 Å². The highest BCUT2D eigenvalue weighted by atomic mass is 16.5. The van der Waals surface area contributed by atoms with E-state index in [4.69, 9.17) is 4.74 Å². The van der Waals surface area contributed by atoms with Crippen molar-refractivity contribution < 1.29 is 4.74 Å². The highest BCUT2D eigenvalue weighted by molar-refractivity contribution is 5.33. The summed E-state index contributed by atoms with van der Waals surface area (Å²) in [5, 5.41) is 3.67. The molecule has 20 heavy (non-hydrogen) atoms. The first-order chi connectivity index (χ1) is 9.55. The molecular formula is C18H29NO. The lowest BCUT2D eigenvalue weighted by Gasteiger charge is -2.41. The van der Waals surface area contributed by atoms with Crippen molar-refractivity contribution in [1.29, 1.82) is 0 Å². The second kappa shape index (κ2) is 6.62. The third kappa shape index (κ3) is 3.54. The van der Waals surface area contributed by atoms with E-state index in [1.54, 1.807) is 7.11 Å². The summed E-state index contributed by atoms with van der Waals surface area (Å²) in [7, 11) is 1.73. The molecule has 0 saturated heterocycles. The van der Waals surface area contributed by atoms with Crippen LogP contribution in [0.25, 0.3) is 0 Å². The smallest absolute Gasteiger partial charge is 0.118 e. The van der Waals surface area contributed by atoms with E-state index in [9.17, 15) is 0 Å². The Morgan fingerprint density at radius 1 is 1.20 bits per heavy atom. The molecule has 1 fully saturated rings. The molecule has 1 N–H and O–H groups in total. The van der Waals surface area contributed by atoms with E-state index in [-0.39, 0.29) is 0 Å². The highest BCUT2D eigenvalue weighted by Gasteiger charge is 2.35. The van der Waals surface area contributed by atoms with E-state index in [1.165, 1.54) is 31.2 Å². The fourth-order valence-electron chi connectivity index (χ4n) is 3.23. The van der Waals surface area contributed by atoms with Gasteiger partial charge in [-0.1, -0.05) is 32.9 Å². The Hall–Kier alpha value is -1.02. The minimum atomic E-state index is 0.309. The number of rotatable bonds is 5. The standard InChI is InChI=1S/C18H29NO/c1-14(2)19-13-18(11-9-15(3)10-12-18)16-5-7-17(20-4)8-6-16/h5-8,14-15,19H,9-13H2,1-4H3. The molecule has 0 bridgehead atoms. The third-order valence-electron chi connectivity index (χ3n) is 4.78. The van der Waals surface area contributed by atoms with Crippen molar-refractivity contribution >= 4 is 0 Å². The van der Waals surface area contributed by atoms with Gasteiger partial charge in [-0.25, -0.2) is 0 Å². The van der Waals surface area contributed by atoms with Crippen LogP contribution in [0.5, 0.6) is 5.75 Å². The molecule has 0 spiro atoms. The van der Waals surface area contributed by atoms with Gasteiger partial charge in [-0.3, -0.25) is 0 Å². The van der Waals surface area contributed by atoms with Gasteiger partial charge in [0.15, 0.2) is 0 Å². The van der Waals surface area contributed by atoms with Gasteiger partial charge in [0.25, 0.3) is 0 Å². The van der Waals surface area contributed by atoms with E-state index in [0.29, 0.717) is 11.5 Å². The largest absolute Gasteiger partial charge is 0.497 e. The van der Waals surface area contributed by atoms with Gasteiger partial charge in [-0.05, 0) is 49.3 Å². The Kier molecular flexibility index (Phi) is 5.09. The summed E-state index contributed by atoms with van der Waals surface area (Å²) in [6.07, 6.45) is 5.26. The van der Waals surface area contributed by atoms with Crippen LogP contribution in [0.2, 0.25) is 0 Å². The number of nitrogens with one attached hydrogen (secondary N) is 1. The fraction of sp³-hybridized carbons (Fsp3) is 0.667. The molecule has 1 aromatic rings. The molecule has 2 rings (SSSR count). The second-order valence-corrected chi connectivity index (χ2v) is 6.73. The van der Waals surface area contributed by atoms with E-state index in [1.807, 2.05) is 0 Å². The van der Waals surface area contributed by atoms with Gasteiger partial charge in [0.2, 0.25) is 0 Å². The zero-order valence-corrected chi connectivity index (χ0v) is 13.4. The molecule has 0 unspecified atom stereocenters. The predicted molar refractivity (Wildman–Crippen MR) is 85.4 cm³/mol. The zero-order valence-electron chi connectivity index (χ0n) is 13.4. The molecule has 0 aliphatic heterocycles. The molecule has 1 aliphatic carbocycles. The molecule has 0 amide bonds. The summed E-state index contributed by atoms with van der Waals surface area (Å²) in [4.78, 5) is 0. The van der Waals surface area contributed by atoms with Crippen molar-refractivity contribution in [2.75, 3.05) is 13.7 Å².